The zero-order chi connectivity index (χ0) is 25.9. The molecule has 1 aromatic carbocycles. The Morgan fingerprint density at radius 1 is 1.33 bits per heavy atom. The number of primary amides is 1. The van der Waals surface area contributed by atoms with Crippen LogP contribution in [0.3, 0.4) is 0 Å². The van der Waals surface area contributed by atoms with E-state index >= 15 is 0 Å². The number of esters is 1. The van der Waals surface area contributed by atoms with Crippen LogP contribution in [0.15, 0.2) is 29.4 Å². The third kappa shape index (κ3) is 5.77. The Bertz CT molecular complexity index is 1150. The van der Waals surface area contributed by atoms with Crippen molar-refractivity contribution in [2.24, 2.45) is 16.1 Å². The molecule has 0 bridgehead atoms. The van der Waals surface area contributed by atoms with E-state index in [-0.39, 0.29) is 29.4 Å². The van der Waals surface area contributed by atoms with Crippen LogP contribution < -0.4 is 16.5 Å². The number of carbonyl (C=O) groups excluding carboxylic acids is 2. The van der Waals surface area contributed by atoms with E-state index in [9.17, 15) is 9.59 Å². The van der Waals surface area contributed by atoms with Crippen LogP contribution in [-0.2, 0) is 30.0 Å². The van der Waals surface area contributed by atoms with E-state index in [2.05, 4.69) is 29.3 Å². The molecule has 4 rings (SSSR count). The van der Waals surface area contributed by atoms with Crippen LogP contribution in [0, 0.1) is 5.41 Å². The van der Waals surface area contributed by atoms with E-state index in [4.69, 9.17) is 24.5 Å². The zero-order valence-electron chi connectivity index (χ0n) is 21.1. The number of nitrogens with one attached hydrogen (secondary N) is 1. The standard InChI is InChI=1S/C24H32BN5O6/c1-24(2)13-35-25(36-14-24)18-10-16(6-5-15(18)9-21(31)33-4)28-23-17(22(26)32)11-30(29-23)20-12-34-8-7-19(20)27-3/h5-6,10-11,20H,7-9,12-14H2,1-4H3,(H2,26,32)(H,28,29). The quantitative estimate of drug-likeness (QED) is 0.430. The van der Waals surface area contributed by atoms with Crippen LogP contribution >= 0.6 is 0 Å². The van der Waals surface area contributed by atoms with Gasteiger partial charge in [-0.15, -0.1) is 0 Å². The predicted molar refractivity (Wildman–Crippen MR) is 135 cm³/mol. The van der Waals surface area contributed by atoms with Crippen LogP contribution in [0.25, 0.3) is 0 Å². The topological polar surface area (TPSA) is 139 Å². The van der Waals surface area contributed by atoms with Crippen LogP contribution in [0.4, 0.5) is 11.5 Å². The molecule has 0 radical (unpaired) electrons. The lowest BCUT2D eigenvalue weighted by Gasteiger charge is -2.33. The van der Waals surface area contributed by atoms with Gasteiger partial charge in [-0.05, 0) is 23.2 Å². The number of hydrogen-bond acceptors (Lipinski definition) is 9. The Kier molecular flexibility index (Phi) is 7.77. The van der Waals surface area contributed by atoms with Crippen LogP contribution in [0.5, 0.6) is 0 Å². The molecule has 1 amide bonds. The summed E-state index contributed by atoms with van der Waals surface area (Å²) >= 11 is 0. The van der Waals surface area contributed by atoms with Crippen molar-refractivity contribution in [3.05, 3.63) is 35.5 Å². The Labute approximate surface area is 210 Å². The third-order valence-electron chi connectivity index (χ3n) is 6.24. The summed E-state index contributed by atoms with van der Waals surface area (Å²) in [7, 11) is 2.44. The Morgan fingerprint density at radius 2 is 2.08 bits per heavy atom. The molecule has 3 heterocycles. The smallest absolute Gasteiger partial charge is 0.469 e. The highest BCUT2D eigenvalue weighted by molar-refractivity contribution is 6.62. The van der Waals surface area contributed by atoms with Crippen LogP contribution in [0.2, 0.25) is 0 Å². The highest BCUT2D eigenvalue weighted by Crippen LogP contribution is 2.26. The molecular formula is C24H32BN5O6. The summed E-state index contributed by atoms with van der Waals surface area (Å²) in [6.07, 6.45) is 2.37. The summed E-state index contributed by atoms with van der Waals surface area (Å²) < 4.78 is 24.1. The van der Waals surface area contributed by atoms with Gasteiger partial charge in [0.15, 0.2) is 5.82 Å². The maximum atomic E-state index is 12.2. The first-order valence-electron chi connectivity index (χ1n) is 11.8. The van der Waals surface area contributed by atoms with E-state index in [1.807, 2.05) is 6.07 Å². The average molecular weight is 497 g/mol. The highest BCUT2D eigenvalue weighted by atomic mass is 16.6. The minimum Gasteiger partial charge on any atom is -0.469 e. The van der Waals surface area contributed by atoms with E-state index in [1.54, 1.807) is 30.1 Å². The first kappa shape index (κ1) is 25.9. The lowest BCUT2D eigenvalue weighted by Crippen LogP contribution is -2.48. The minimum atomic E-state index is -0.643. The molecule has 0 spiro atoms. The van der Waals surface area contributed by atoms with Gasteiger partial charge >= 0.3 is 13.1 Å². The van der Waals surface area contributed by atoms with Gasteiger partial charge in [0.05, 0.1) is 26.7 Å². The number of amides is 1. The summed E-state index contributed by atoms with van der Waals surface area (Å²) in [5.41, 5.74) is 8.78. The van der Waals surface area contributed by atoms with Gasteiger partial charge in [-0.2, -0.15) is 5.10 Å². The number of ether oxygens (including phenoxy) is 2. The number of nitrogens with two attached hydrogens (primary N) is 1. The number of benzene rings is 1. The molecule has 0 aliphatic carbocycles. The van der Waals surface area contributed by atoms with Gasteiger partial charge in [-0.25, -0.2) is 0 Å². The summed E-state index contributed by atoms with van der Waals surface area (Å²) in [4.78, 5) is 28.6. The Hall–Kier alpha value is -3.22. The van der Waals surface area contributed by atoms with Crippen molar-refractivity contribution in [1.82, 2.24) is 9.78 Å². The number of anilines is 2. The molecule has 2 aliphatic heterocycles. The van der Waals surface area contributed by atoms with Gasteiger partial charge in [-0.1, -0.05) is 19.9 Å². The molecule has 12 heteroatoms. The maximum Gasteiger partial charge on any atom is 0.494 e. The molecule has 1 aromatic heterocycles. The first-order valence-corrected chi connectivity index (χ1v) is 11.8. The van der Waals surface area contributed by atoms with Crippen molar-refractivity contribution in [3.63, 3.8) is 0 Å². The number of nitrogens with zero attached hydrogens (tertiary/aromatic N) is 3. The van der Waals surface area contributed by atoms with Crippen LogP contribution in [-0.4, -0.2) is 75.1 Å². The van der Waals surface area contributed by atoms with E-state index < -0.39 is 13.0 Å². The zero-order valence-corrected chi connectivity index (χ0v) is 21.1. The lowest BCUT2D eigenvalue weighted by molar-refractivity contribution is -0.139. The van der Waals surface area contributed by atoms with E-state index in [0.29, 0.717) is 49.8 Å². The normalized spacial score (nSPS) is 20.8. The molecule has 36 heavy (non-hydrogen) atoms. The SMILES string of the molecule is CN=C1CCOCC1n1cc(C(N)=O)c(Nc2ccc(CC(=O)OC)c(B3OCC(C)(C)CO3)c2)n1. The summed E-state index contributed by atoms with van der Waals surface area (Å²) in [6.45, 7) is 6.14. The van der Waals surface area contributed by atoms with Crippen molar-refractivity contribution in [2.75, 3.05) is 45.9 Å². The minimum absolute atomic E-state index is 0.0701. The van der Waals surface area contributed by atoms with Crippen molar-refractivity contribution in [1.29, 1.82) is 0 Å². The number of hydrogen-bond donors (Lipinski definition) is 2. The third-order valence-corrected chi connectivity index (χ3v) is 6.24. The number of methoxy groups -OCH3 is 1. The molecule has 2 aliphatic rings. The largest absolute Gasteiger partial charge is 0.494 e. The van der Waals surface area contributed by atoms with Gasteiger partial charge in [0.2, 0.25) is 0 Å². The second kappa shape index (κ2) is 10.8. The van der Waals surface area contributed by atoms with E-state index in [0.717, 1.165) is 11.3 Å². The summed E-state index contributed by atoms with van der Waals surface area (Å²) in [6, 6.07) is 5.20. The van der Waals surface area contributed by atoms with Gasteiger partial charge in [0.1, 0.15) is 11.6 Å². The van der Waals surface area contributed by atoms with Gasteiger partial charge < -0.3 is 29.8 Å². The number of rotatable bonds is 7. The first-order chi connectivity index (χ1) is 17.2. The number of aliphatic imine (C=N–C) groups is 1. The fourth-order valence-electron chi connectivity index (χ4n) is 4.24. The van der Waals surface area contributed by atoms with Crippen molar-refractivity contribution < 1.29 is 28.4 Å². The fraction of sp³-hybridized carbons (Fsp3) is 0.500. The number of carbonyl (C=O) groups is 2. The van der Waals surface area contributed by atoms with Gasteiger partial charge in [-0.3, -0.25) is 19.3 Å². The van der Waals surface area contributed by atoms with Crippen molar-refractivity contribution >= 4 is 41.7 Å². The van der Waals surface area contributed by atoms with Crippen molar-refractivity contribution in [3.8, 4) is 0 Å². The lowest BCUT2D eigenvalue weighted by atomic mass is 9.72. The summed E-state index contributed by atoms with van der Waals surface area (Å²) in [5, 5.41) is 7.80. The monoisotopic (exact) mass is 497 g/mol. The second-order valence-corrected chi connectivity index (χ2v) is 9.70. The molecule has 192 valence electrons. The summed E-state index contributed by atoms with van der Waals surface area (Å²) in [5.74, 6) is -0.674. The fourth-order valence-corrected chi connectivity index (χ4v) is 4.24. The second-order valence-electron chi connectivity index (χ2n) is 9.70. The molecule has 1 unspecified atom stereocenters. The highest BCUT2D eigenvalue weighted by Gasteiger charge is 2.35. The van der Waals surface area contributed by atoms with Crippen LogP contribution in [0.1, 0.15) is 42.2 Å². The van der Waals surface area contributed by atoms with Crippen molar-refractivity contribution in [2.45, 2.75) is 32.7 Å². The maximum absolute atomic E-state index is 12.2. The van der Waals surface area contributed by atoms with Gasteiger partial charge in [0.25, 0.3) is 5.91 Å². The molecule has 0 saturated carbocycles. The molecule has 2 saturated heterocycles. The Balaban J connectivity index is 1.65. The molecule has 3 N–H and O–H groups in total. The molecule has 2 aromatic rings. The molecule has 11 nitrogen and oxygen atoms in total. The average Bonchev–Trinajstić information content (AvgIpc) is 3.28. The predicted octanol–water partition coefficient (Wildman–Crippen LogP) is 1.24. The number of aromatic nitrogens is 2. The molecule has 2 fully saturated rings. The Morgan fingerprint density at radius 3 is 2.75 bits per heavy atom. The molecule has 1 atom stereocenters. The van der Waals surface area contributed by atoms with E-state index in [1.165, 1.54) is 7.11 Å². The van der Waals surface area contributed by atoms with Gasteiger partial charge in [0, 0.05) is 49.7 Å². The molecular weight excluding hydrogens is 465 g/mol.